The summed E-state index contributed by atoms with van der Waals surface area (Å²) in [6, 6.07) is 7.94. The molecule has 0 saturated heterocycles. The molecule has 30 heavy (non-hydrogen) atoms. The summed E-state index contributed by atoms with van der Waals surface area (Å²) in [6.07, 6.45) is 4.73. The Balaban J connectivity index is 1.98. The monoisotopic (exact) mass is 413 g/mol. The molecular weight excluding hydrogens is 378 g/mol. The SMILES string of the molecule is CCNC(=NCC(c1cnn(C)c1)N(C)C)NCCc1cccc(C(=O)N(C)C)c1. The molecule has 164 valence electrons. The number of rotatable bonds is 9. The minimum absolute atomic E-state index is 0.0184. The molecule has 0 bridgehead atoms. The molecule has 0 aliphatic rings. The Morgan fingerprint density at radius 2 is 2.00 bits per heavy atom. The Morgan fingerprint density at radius 1 is 1.23 bits per heavy atom. The molecule has 1 amide bonds. The van der Waals surface area contributed by atoms with Crippen LogP contribution in [0.2, 0.25) is 0 Å². The molecule has 0 spiro atoms. The number of nitrogens with one attached hydrogen (secondary N) is 2. The van der Waals surface area contributed by atoms with Gasteiger partial charge in [-0.15, -0.1) is 0 Å². The summed E-state index contributed by atoms with van der Waals surface area (Å²) in [5.74, 6) is 0.804. The third-order valence-electron chi connectivity index (χ3n) is 4.79. The largest absolute Gasteiger partial charge is 0.357 e. The van der Waals surface area contributed by atoms with Gasteiger partial charge in [-0.25, -0.2) is 0 Å². The normalized spacial score (nSPS) is 12.7. The van der Waals surface area contributed by atoms with Crippen molar-refractivity contribution in [2.45, 2.75) is 19.4 Å². The Morgan fingerprint density at radius 3 is 2.60 bits per heavy atom. The van der Waals surface area contributed by atoms with Crippen molar-refractivity contribution in [3.8, 4) is 0 Å². The van der Waals surface area contributed by atoms with Crippen LogP contribution in [0.1, 0.15) is 34.5 Å². The molecule has 0 aliphatic heterocycles. The first-order valence-corrected chi connectivity index (χ1v) is 10.3. The van der Waals surface area contributed by atoms with Gasteiger partial charge in [0.05, 0.1) is 18.8 Å². The van der Waals surface area contributed by atoms with E-state index in [1.54, 1.807) is 19.0 Å². The van der Waals surface area contributed by atoms with Crippen molar-refractivity contribution in [3.63, 3.8) is 0 Å². The third-order valence-corrected chi connectivity index (χ3v) is 4.79. The molecule has 1 atom stereocenters. The van der Waals surface area contributed by atoms with Gasteiger partial charge in [0.15, 0.2) is 5.96 Å². The van der Waals surface area contributed by atoms with Gasteiger partial charge < -0.3 is 20.4 Å². The lowest BCUT2D eigenvalue weighted by Crippen LogP contribution is -2.39. The Bertz CT molecular complexity index is 842. The van der Waals surface area contributed by atoms with Crippen molar-refractivity contribution in [1.82, 2.24) is 30.2 Å². The number of likely N-dealkylation sites (N-methyl/N-ethyl adjacent to an activating group) is 1. The van der Waals surface area contributed by atoms with E-state index in [-0.39, 0.29) is 11.9 Å². The van der Waals surface area contributed by atoms with Crippen LogP contribution in [0.15, 0.2) is 41.7 Å². The van der Waals surface area contributed by atoms with E-state index < -0.39 is 0 Å². The van der Waals surface area contributed by atoms with E-state index in [4.69, 9.17) is 4.99 Å². The molecule has 1 unspecified atom stereocenters. The van der Waals surface area contributed by atoms with Crippen molar-refractivity contribution in [2.75, 3.05) is 47.8 Å². The molecule has 1 aromatic heterocycles. The highest BCUT2D eigenvalue weighted by atomic mass is 16.2. The number of aromatic nitrogens is 2. The minimum atomic E-state index is 0.0184. The van der Waals surface area contributed by atoms with Gasteiger partial charge in [-0.3, -0.25) is 14.5 Å². The molecule has 0 aliphatic carbocycles. The second-order valence-electron chi connectivity index (χ2n) is 7.72. The van der Waals surface area contributed by atoms with E-state index in [1.807, 2.05) is 48.4 Å². The summed E-state index contributed by atoms with van der Waals surface area (Å²) < 4.78 is 1.81. The maximum Gasteiger partial charge on any atom is 0.253 e. The molecule has 1 heterocycles. The molecule has 2 aromatic rings. The smallest absolute Gasteiger partial charge is 0.253 e. The van der Waals surface area contributed by atoms with Crippen LogP contribution in [0.5, 0.6) is 0 Å². The lowest BCUT2D eigenvalue weighted by molar-refractivity contribution is 0.0827. The third kappa shape index (κ3) is 6.88. The first-order chi connectivity index (χ1) is 14.3. The van der Waals surface area contributed by atoms with Crippen LogP contribution >= 0.6 is 0 Å². The summed E-state index contributed by atoms with van der Waals surface area (Å²) in [5, 5.41) is 11.0. The van der Waals surface area contributed by atoms with Crippen LogP contribution < -0.4 is 10.6 Å². The van der Waals surface area contributed by atoms with Crippen LogP contribution in [-0.2, 0) is 13.5 Å². The average molecular weight is 414 g/mol. The van der Waals surface area contributed by atoms with Crippen molar-refractivity contribution in [2.24, 2.45) is 12.0 Å². The minimum Gasteiger partial charge on any atom is -0.357 e. The van der Waals surface area contributed by atoms with E-state index in [2.05, 4.69) is 41.7 Å². The second-order valence-corrected chi connectivity index (χ2v) is 7.72. The van der Waals surface area contributed by atoms with E-state index in [1.165, 1.54) is 0 Å². The quantitative estimate of drug-likeness (QED) is 0.481. The van der Waals surface area contributed by atoms with Crippen LogP contribution in [0, 0.1) is 0 Å². The topological polar surface area (TPSA) is 77.8 Å². The van der Waals surface area contributed by atoms with Crippen LogP contribution in [0.25, 0.3) is 0 Å². The number of aryl methyl sites for hydroxylation is 1. The fourth-order valence-electron chi connectivity index (χ4n) is 3.14. The Hall–Kier alpha value is -2.87. The molecule has 8 nitrogen and oxygen atoms in total. The van der Waals surface area contributed by atoms with Gasteiger partial charge in [0.1, 0.15) is 0 Å². The molecule has 2 N–H and O–H groups in total. The summed E-state index contributed by atoms with van der Waals surface area (Å²) in [7, 11) is 9.56. The van der Waals surface area contributed by atoms with Crippen molar-refractivity contribution >= 4 is 11.9 Å². The Kier molecular flexibility index (Phi) is 8.86. The Labute approximate surface area is 180 Å². The van der Waals surface area contributed by atoms with Gasteiger partial charge in [-0.1, -0.05) is 12.1 Å². The van der Waals surface area contributed by atoms with Gasteiger partial charge in [0.25, 0.3) is 5.91 Å². The number of nitrogens with zero attached hydrogens (tertiary/aromatic N) is 5. The number of benzene rings is 1. The van der Waals surface area contributed by atoms with Crippen molar-refractivity contribution in [3.05, 3.63) is 53.3 Å². The zero-order valence-corrected chi connectivity index (χ0v) is 19.0. The molecule has 1 aromatic carbocycles. The summed E-state index contributed by atoms with van der Waals surface area (Å²) in [6.45, 7) is 4.20. The highest BCUT2D eigenvalue weighted by molar-refractivity contribution is 5.94. The number of amides is 1. The molecule has 8 heteroatoms. The average Bonchev–Trinajstić information content (AvgIpc) is 3.13. The number of hydrogen-bond acceptors (Lipinski definition) is 4. The zero-order chi connectivity index (χ0) is 22.1. The number of hydrogen-bond donors (Lipinski definition) is 2. The van der Waals surface area contributed by atoms with Gasteiger partial charge in [0, 0.05) is 51.6 Å². The summed E-state index contributed by atoms with van der Waals surface area (Å²) >= 11 is 0. The van der Waals surface area contributed by atoms with Gasteiger partial charge >= 0.3 is 0 Å². The van der Waals surface area contributed by atoms with Gasteiger partial charge in [-0.2, -0.15) is 5.10 Å². The standard InChI is InChI=1S/C22H35N7O/c1-7-23-22(25-15-20(27(2)3)19-14-26-29(6)16-19)24-12-11-17-9-8-10-18(13-17)21(30)28(4)5/h8-10,13-14,16,20H,7,11-12,15H2,1-6H3,(H2,23,24,25). The second kappa shape index (κ2) is 11.3. The zero-order valence-electron chi connectivity index (χ0n) is 19.0. The highest BCUT2D eigenvalue weighted by Gasteiger charge is 2.15. The lowest BCUT2D eigenvalue weighted by atomic mass is 10.1. The molecular formula is C22H35N7O. The fourth-order valence-corrected chi connectivity index (χ4v) is 3.14. The highest BCUT2D eigenvalue weighted by Crippen LogP contribution is 2.17. The van der Waals surface area contributed by atoms with E-state index in [0.717, 1.165) is 36.6 Å². The number of aliphatic imine (C=N–C) groups is 1. The molecule has 2 rings (SSSR count). The first-order valence-electron chi connectivity index (χ1n) is 10.3. The first kappa shape index (κ1) is 23.4. The van der Waals surface area contributed by atoms with E-state index in [0.29, 0.717) is 12.1 Å². The summed E-state index contributed by atoms with van der Waals surface area (Å²) in [5.41, 5.74) is 2.97. The van der Waals surface area contributed by atoms with Gasteiger partial charge in [0.2, 0.25) is 0 Å². The van der Waals surface area contributed by atoms with E-state index >= 15 is 0 Å². The van der Waals surface area contributed by atoms with Crippen LogP contribution in [-0.4, -0.2) is 79.3 Å². The molecule has 0 fully saturated rings. The predicted molar refractivity (Wildman–Crippen MR) is 122 cm³/mol. The van der Waals surface area contributed by atoms with E-state index in [9.17, 15) is 4.79 Å². The molecule has 0 saturated carbocycles. The van der Waals surface area contributed by atoms with Crippen LogP contribution in [0.3, 0.4) is 0 Å². The lowest BCUT2D eigenvalue weighted by Gasteiger charge is -2.22. The van der Waals surface area contributed by atoms with Crippen molar-refractivity contribution in [1.29, 1.82) is 0 Å². The maximum absolute atomic E-state index is 12.2. The number of carbonyl (C=O) groups is 1. The van der Waals surface area contributed by atoms with Crippen molar-refractivity contribution < 1.29 is 4.79 Å². The number of carbonyl (C=O) groups excluding carboxylic acids is 1. The predicted octanol–water partition coefficient (Wildman–Crippen LogP) is 1.52. The summed E-state index contributed by atoms with van der Waals surface area (Å²) in [4.78, 5) is 20.7. The van der Waals surface area contributed by atoms with Gasteiger partial charge in [-0.05, 0) is 45.1 Å². The fraction of sp³-hybridized carbons (Fsp3) is 0.500. The molecule has 0 radical (unpaired) electrons. The van der Waals surface area contributed by atoms with Crippen LogP contribution in [0.4, 0.5) is 0 Å². The number of guanidine groups is 1. The maximum atomic E-state index is 12.2.